The molecule has 0 radical (unpaired) electrons. The molecule has 4 nitrogen and oxygen atoms in total. The Kier molecular flexibility index (Phi) is 4.69. The van der Waals surface area contributed by atoms with Crippen molar-refractivity contribution in [2.45, 2.75) is 46.7 Å². The topological polar surface area (TPSA) is 54.9 Å². The maximum atomic E-state index is 11.7. The van der Waals surface area contributed by atoms with Crippen LogP contribution < -0.4 is 5.32 Å². The normalized spacial score (nSPS) is 16.8. The van der Waals surface area contributed by atoms with Crippen LogP contribution in [-0.4, -0.2) is 33.1 Å². The SMILES string of the molecule is CCSc1nnc(SC(C)C(=O)NC2CC2)s1. The maximum Gasteiger partial charge on any atom is 0.233 e. The third-order valence-corrected chi connectivity index (χ3v) is 5.35. The first-order valence-corrected chi connectivity index (χ1v) is 8.30. The van der Waals surface area contributed by atoms with Gasteiger partial charge in [0.15, 0.2) is 8.68 Å². The highest BCUT2D eigenvalue weighted by molar-refractivity contribution is 8.03. The number of hydrogen-bond acceptors (Lipinski definition) is 6. The van der Waals surface area contributed by atoms with Crippen molar-refractivity contribution in [2.75, 3.05) is 5.75 Å². The molecule has 0 bridgehead atoms. The minimum atomic E-state index is -0.0944. The zero-order valence-corrected chi connectivity index (χ0v) is 12.3. The van der Waals surface area contributed by atoms with Gasteiger partial charge >= 0.3 is 0 Å². The van der Waals surface area contributed by atoms with Gasteiger partial charge in [-0.2, -0.15) is 0 Å². The Labute approximate surface area is 113 Å². The molecule has 0 aliphatic heterocycles. The lowest BCUT2D eigenvalue weighted by atomic mass is 10.4. The Balaban J connectivity index is 1.83. The minimum Gasteiger partial charge on any atom is -0.352 e. The van der Waals surface area contributed by atoms with Crippen molar-refractivity contribution in [3.05, 3.63) is 0 Å². The number of thioether (sulfide) groups is 2. The molecule has 1 aliphatic carbocycles. The zero-order chi connectivity index (χ0) is 12.3. The van der Waals surface area contributed by atoms with Gasteiger partial charge in [0, 0.05) is 6.04 Å². The first-order valence-electron chi connectivity index (χ1n) is 5.62. The second-order valence-electron chi connectivity index (χ2n) is 3.81. The predicted molar refractivity (Wildman–Crippen MR) is 72.8 cm³/mol. The smallest absolute Gasteiger partial charge is 0.233 e. The van der Waals surface area contributed by atoms with E-state index in [1.165, 1.54) is 11.8 Å². The molecule has 1 N–H and O–H groups in total. The third-order valence-electron chi connectivity index (χ3n) is 2.23. The van der Waals surface area contributed by atoms with Crippen LogP contribution in [0.25, 0.3) is 0 Å². The van der Waals surface area contributed by atoms with Crippen molar-refractivity contribution in [1.82, 2.24) is 15.5 Å². The Morgan fingerprint density at radius 3 is 2.88 bits per heavy atom. The summed E-state index contributed by atoms with van der Waals surface area (Å²) in [5.41, 5.74) is 0. The van der Waals surface area contributed by atoms with Crippen LogP contribution in [0.15, 0.2) is 8.68 Å². The lowest BCUT2D eigenvalue weighted by Gasteiger charge is -2.08. The fourth-order valence-corrected chi connectivity index (χ4v) is 4.25. The number of carbonyl (C=O) groups excluding carboxylic acids is 1. The van der Waals surface area contributed by atoms with Crippen molar-refractivity contribution in [3.63, 3.8) is 0 Å². The van der Waals surface area contributed by atoms with Gasteiger partial charge in [0.1, 0.15) is 0 Å². The Morgan fingerprint density at radius 2 is 2.24 bits per heavy atom. The van der Waals surface area contributed by atoms with Gasteiger partial charge in [-0.05, 0) is 25.5 Å². The number of carbonyl (C=O) groups is 1. The summed E-state index contributed by atoms with van der Waals surface area (Å²) in [6, 6.07) is 0.422. The lowest BCUT2D eigenvalue weighted by Crippen LogP contribution is -2.32. The largest absolute Gasteiger partial charge is 0.352 e. The number of nitrogens with one attached hydrogen (secondary N) is 1. The zero-order valence-electron chi connectivity index (χ0n) is 9.80. The molecule has 1 unspecified atom stereocenters. The van der Waals surface area contributed by atoms with Crippen molar-refractivity contribution >= 4 is 40.8 Å². The molecule has 94 valence electrons. The Bertz CT molecular complexity index is 392. The van der Waals surface area contributed by atoms with E-state index in [1.54, 1.807) is 23.1 Å². The van der Waals surface area contributed by atoms with E-state index >= 15 is 0 Å². The van der Waals surface area contributed by atoms with E-state index in [1.807, 2.05) is 6.92 Å². The third kappa shape index (κ3) is 4.15. The highest BCUT2D eigenvalue weighted by atomic mass is 32.2. The number of nitrogens with zero attached hydrogens (tertiary/aromatic N) is 2. The van der Waals surface area contributed by atoms with E-state index in [-0.39, 0.29) is 11.2 Å². The van der Waals surface area contributed by atoms with Crippen LogP contribution in [0, 0.1) is 0 Å². The van der Waals surface area contributed by atoms with E-state index in [0.717, 1.165) is 27.3 Å². The van der Waals surface area contributed by atoms with Gasteiger partial charge in [-0.25, -0.2) is 0 Å². The van der Waals surface area contributed by atoms with E-state index in [9.17, 15) is 4.79 Å². The van der Waals surface area contributed by atoms with Crippen molar-refractivity contribution in [1.29, 1.82) is 0 Å². The molecule has 1 amide bonds. The minimum absolute atomic E-state index is 0.0944. The standard InChI is InChI=1S/C10H15N3OS3/c1-3-15-9-12-13-10(17-9)16-6(2)8(14)11-7-4-5-7/h6-7H,3-5H2,1-2H3,(H,11,14). The average molecular weight is 289 g/mol. The molecule has 1 aromatic rings. The summed E-state index contributed by atoms with van der Waals surface area (Å²) in [7, 11) is 0. The first kappa shape index (κ1) is 13.2. The summed E-state index contributed by atoms with van der Waals surface area (Å²) >= 11 is 4.73. The second-order valence-corrected chi connectivity index (χ2v) is 7.89. The van der Waals surface area contributed by atoms with Crippen LogP contribution in [0.1, 0.15) is 26.7 Å². The van der Waals surface area contributed by atoms with Gasteiger partial charge in [0.05, 0.1) is 5.25 Å². The van der Waals surface area contributed by atoms with Crippen LogP contribution in [0.2, 0.25) is 0 Å². The van der Waals surface area contributed by atoms with Gasteiger partial charge in [-0.1, -0.05) is 41.8 Å². The van der Waals surface area contributed by atoms with Crippen molar-refractivity contribution in [2.24, 2.45) is 0 Å². The molecule has 17 heavy (non-hydrogen) atoms. The predicted octanol–water partition coefficient (Wildman–Crippen LogP) is 2.41. The van der Waals surface area contributed by atoms with E-state index in [2.05, 4.69) is 22.4 Å². The molecule has 0 saturated heterocycles. The Hall–Kier alpha value is -0.270. The van der Waals surface area contributed by atoms with Crippen LogP contribution in [0.4, 0.5) is 0 Å². The van der Waals surface area contributed by atoms with Crippen LogP contribution in [0.3, 0.4) is 0 Å². The summed E-state index contributed by atoms with van der Waals surface area (Å²) in [6.07, 6.45) is 2.25. The van der Waals surface area contributed by atoms with Crippen LogP contribution >= 0.6 is 34.9 Å². The molecular formula is C10H15N3OS3. The van der Waals surface area contributed by atoms with Gasteiger partial charge in [0.25, 0.3) is 0 Å². The molecule has 1 aromatic heterocycles. The summed E-state index contributed by atoms with van der Waals surface area (Å²) in [5.74, 6) is 1.11. The van der Waals surface area contributed by atoms with E-state index in [4.69, 9.17) is 0 Å². The summed E-state index contributed by atoms with van der Waals surface area (Å²) < 4.78 is 1.85. The fourth-order valence-electron chi connectivity index (χ4n) is 1.18. The lowest BCUT2D eigenvalue weighted by molar-refractivity contribution is -0.120. The van der Waals surface area contributed by atoms with Gasteiger partial charge in [-0.15, -0.1) is 10.2 Å². The Morgan fingerprint density at radius 1 is 1.53 bits per heavy atom. The van der Waals surface area contributed by atoms with Crippen LogP contribution in [0.5, 0.6) is 0 Å². The summed E-state index contributed by atoms with van der Waals surface area (Å²) in [4.78, 5) is 11.7. The highest BCUT2D eigenvalue weighted by Crippen LogP contribution is 2.31. The van der Waals surface area contributed by atoms with Crippen molar-refractivity contribution in [3.8, 4) is 0 Å². The molecule has 1 heterocycles. The maximum absolute atomic E-state index is 11.7. The molecular weight excluding hydrogens is 274 g/mol. The van der Waals surface area contributed by atoms with Crippen molar-refractivity contribution < 1.29 is 4.79 Å². The molecule has 1 aliphatic rings. The average Bonchev–Trinajstić information content (AvgIpc) is 3.00. The van der Waals surface area contributed by atoms with E-state index < -0.39 is 0 Å². The first-order chi connectivity index (χ1) is 8.19. The van der Waals surface area contributed by atoms with Gasteiger partial charge < -0.3 is 5.32 Å². The molecule has 1 atom stereocenters. The summed E-state index contributed by atoms with van der Waals surface area (Å²) in [6.45, 7) is 4.00. The number of amides is 1. The number of hydrogen-bond donors (Lipinski definition) is 1. The molecule has 0 aromatic carbocycles. The molecule has 0 spiro atoms. The second kappa shape index (κ2) is 6.06. The van der Waals surface area contributed by atoms with Gasteiger partial charge in [-0.3, -0.25) is 4.79 Å². The van der Waals surface area contributed by atoms with E-state index in [0.29, 0.717) is 6.04 Å². The molecule has 1 fully saturated rings. The number of aromatic nitrogens is 2. The summed E-state index contributed by atoms with van der Waals surface area (Å²) in [5, 5.41) is 11.1. The number of rotatable bonds is 6. The monoisotopic (exact) mass is 289 g/mol. The van der Waals surface area contributed by atoms with Crippen LogP contribution in [-0.2, 0) is 4.79 Å². The fraction of sp³-hybridized carbons (Fsp3) is 0.700. The molecule has 7 heteroatoms. The molecule has 1 saturated carbocycles. The van der Waals surface area contributed by atoms with Gasteiger partial charge in [0.2, 0.25) is 5.91 Å². The highest BCUT2D eigenvalue weighted by Gasteiger charge is 2.26. The quantitative estimate of drug-likeness (QED) is 0.815. The molecule has 2 rings (SSSR count).